The standard InChI is InChI=1S/C16H26N2O2/c1-4-19-16-8-6-5-7-14(16)15(17)11-18-9-12(2)20-13(3)10-18/h5-8,12-13,15H,4,9-11,17H2,1-3H3/t12-,13+,15?. The molecule has 1 saturated heterocycles. The van der Waals surface area contributed by atoms with Gasteiger partial charge in [-0.3, -0.25) is 4.90 Å². The fourth-order valence-corrected chi connectivity index (χ4v) is 2.88. The van der Waals surface area contributed by atoms with E-state index in [1.807, 2.05) is 25.1 Å². The number of ether oxygens (including phenoxy) is 2. The van der Waals surface area contributed by atoms with Gasteiger partial charge in [-0.2, -0.15) is 0 Å². The maximum Gasteiger partial charge on any atom is 0.124 e. The van der Waals surface area contributed by atoms with Gasteiger partial charge >= 0.3 is 0 Å². The summed E-state index contributed by atoms with van der Waals surface area (Å²) in [5.41, 5.74) is 7.47. The van der Waals surface area contributed by atoms with Gasteiger partial charge in [-0.25, -0.2) is 0 Å². The van der Waals surface area contributed by atoms with Crippen molar-refractivity contribution in [2.75, 3.05) is 26.2 Å². The van der Waals surface area contributed by atoms with Crippen LogP contribution in [0.4, 0.5) is 0 Å². The summed E-state index contributed by atoms with van der Waals surface area (Å²) in [4.78, 5) is 2.38. The number of para-hydroxylation sites is 1. The first-order chi connectivity index (χ1) is 9.60. The van der Waals surface area contributed by atoms with E-state index >= 15 is 0 Å². The Bertz CT molecular complexity index is 415. The zero-order valence-electron chi connectivity index (χ0n) is 12.7. The molecule has 0 aliphatic carbocycles. The third-order valence-electron chi connectivity index (χ3n) is 3.57. The van der Waals surface area contributed by atoms with Crippen LogP contribution in [0, 0.1) is 0 Å². The fraction of sp³-hybridized carbons (Fsp3) is 0.625. The zero-order chi connectivity index (χ0) is 14.5. The lowest BCUT2D eigenvalue weighted by Crippen LogP contribution is -2.47. The van der Waals surface area contributed by atoms with Crippen molar-refractivity contribution in [2.24, 2.45) is 5.73 Å². The lowest BCUT2D eigenvalue weighted by atomic mass is 10.1. The van der Waals surface area contributed by atoms with Crippen LogP contribution in [0.1, 0.15) is 32.4 Å². The van der Waals surface area contributed by atoms with Gasteiger partial charge < -0.3 is 15.2 Å². The van der Waals surface area contributed by atoms with Crippen LogP contribution in [0.2, 0.25) is 0 Å². The Hall–Kier alpha value is -1.10. The first-order valence-corrected chi connectivity index (χ1v) is 7.45. The van der Waals surface area contributed by atoms with Crippen molar-refractivity contribution >= 4 is 0 Å². The van der Waals surface area contributed by atoms with Crippen LogP contribution in [0.3, 0.4) is 0 Å². The Labute approximate surface area is 121 Å². The van der Waals surface area contributed by atoms with Crippen molar-refractivity contribution < 1.29 is 9.47 Å². The molecule has 0 bridgehead atoms. The maximum absolute atomic E-state index is 6.39. The van der Waals surface area contributed by atoms with Gasteiger partial charge in [0, 0.05) is 31.2 Å². The Morgan fingerprint density at radius 3 is 2.60 bits per heavy atom. The SMILES string of the molecule is CCOc1ccccc1C(N)CN1C[C@@H](C)O[C@@H](C)C1. The van der Waals surface area contributed by atoms with Gasteiger partial charge in [-0.15, -0.1) is 0 Å². The number of hydrogen-bond acceptors (Lipinski definition) is 4. The van der Waals surface area contributed by atoms with Crippen molar-refractivity contribution in [3.8, 4) is 5.75 Å². The molecule has 4 nitrogen and oxygen atoms in total. The van der Waals surface area contributed by atoms with Gasteiger partial charge in [-0.1, -0.05) is 18.2 Å². The van der Waals surface area contributed by atoms with E-state index < -0.39 is 0 Å². The first-order valence-electron chi connectivity index (χ1n) is 7.45. The van der Waals surface area contributed by atoms with Crippen LogP contribution < -0.4 is 10.5 Å². The minimum absolute atomic E-state index is 0.0322. The summed E-state index contributed by atoms with van der Waals surface area (Å²) in [5, 5.41) is 0. The third-order valence-corrected chi connectivity index (χ3v) is 3.57. The van der Waals surface area contributed by atoms with E-state index in [2.05, 4.69) is 24.8 Å². The molecule has 1 aromatic carbocycles. The topological polar surface area (TPSA) is 47.7 Å². The maximum atomic E-state index is 6.39. The van der Waals surface area contributed by atoms with Crippen LogP contribution in [0.15, 0.2) is 24.3 Å². The normalized spacial score (nSPS) is 25.4. The van der Waals surface area contributed by atoms with E-state index in [0.29, 0.717) is 6.61 Å². The smallest absolute Gasteiger partial charge is 0.124 e. The van der Waals surface area contributed by atoms with Gasteiger partial charge in [0.05, 0.1) is 18.8 Å². The van der Waals surface area contributed by atoms with Crippen LogP contribution in [0.25, 0.3) is 0 Å². The highest BCUT2D eigenvalue weighted by Gasteiger charge is 2.24. The molecule has 2 N–H and O–H groups in total. The lowest BCUT2D eigenvalue weighted by Gasteiger charge is -2.36. The monoisotopic (exact) mass is 278 g/mol. The molecule has 4 heteroatoms. The van der Waals surface area contributed by atoms with Crippen LogP contribution >= 0.6 is 0 Å². The predicted molar refractivity (Wildman–Crippen MR) is 81.0 cm³/mol. The molecule has 1 heterocycles. The van der Waals surface area contributed by atoms with Gasteiger partial charge in [-0.05, 0) is 26.8 Å². The van der Waals surface area contributed by atoms with E-state index in [9.17, 15) is 0 Å². The molecule has 0 radical (unpaired) electrons. The average molecular weight is 278 g/mol. The molecule has 112 valence electrons. The summed E-state index contributed by atoms with van der Waals surface area (Å²) in [6.45, 7) is 9.60. The van der Waals surface area contributed by atoms with E-state index in [1.54, 1.807) is 0 Å². The summed E-state index contributed by atoms with van der Waals surface area (Å²) in [5.74, 6) is 0.900. The summed E-state index contributed by atoms with van der Waals surface area (Å²) < 4.78 is 11.4. The average Bonchev–Trinajstić information content (AvgIpc) is 2.38. The van der Waals surface area contributed by atoms with E-state index in [-0.39, 0.29) is 18.2 Å². The fourth-order valence-electron chi connectivity index (χ4n) is 2.88. The third kappa shape index (κ3) is 3.95. The van der Waals surface area contributed by atoms with Crippen molar-refractivity contribution in [3.05, 3.63) is 29.8 Å². The number of benzene rings is 1. The number of nitrogens with two attached hydrogens (primary N) is 1. The molecule has 1 aromatic rings. The summed E-state index contributed by atoms with van der Waals surface area (Å²) in [7, 11) is 0. The molecule has 20 heavy (non-hydrogen) atoms. The second-order valence-electron chi connectivity index (χ2n) is 5.55. The molecule has 0 spiro atoms. The minimum atomic E-state index is -0.0322. The highest BCUT2D eigenvalue weighted by Crippen LogP contribution is 2.25. The number of nitrogens with zero attached hydrogens (tertiary/aromatic N) is 1. The van der Waals surface area contributed by atoms with Gasteiger partial charge in [0.15, 0.2) is 0 Å². The quantitative estimate of drug-likeness (QED) is 0.897. The van der Waals surface area contributed by atoms with Crippen LogP contribution in [-0.4, -0.2) is 43.3 Å². The number of rotatable bonds is 5. The molecule has 0 saturated carbocycles. The first kappa shape index (κ1) is 15.3. The molecule has 1 fully saturated rings. The highest BCUT2D eigenvalue weighted by molar-refractivity contribution is 5.36. The van der Waals surface area contributed by atoms with Crippen molar-refractivity contribution in [3.63, 3.8) is 0 Å². The van der Waals surface area contributed by atoms with Crippen molar-refractivity contribution in [1.82, 2.24) is 4.90 Å². The van der Waals surface area contributed by atoms with Crippen molar-refractivity contribution in [2.45, 2.75) is 39.0 Å². The summed E-state index contributed by atoms with van der Waals surface area (Å²) in [6, 6.07) is 8.02. The zero-order valence-corrected chi connectivity index (χ0v) is 12.7. The molecule has 0 aromatic heterocycles. The predicted octanol–water partition coefficient (Wildman–Crippen LogP) is 2.19. The summed E-state index contributed by atoms with van der Waals surface area (Å²) >= 11 is 0. The Balaban J connectivity index is 2.02. The lowest BCUT2D eigenvalue weighted by molar-refractivity contribution is -0.0692. The Morgan fingerprint density at radius 2 is 1.95 bits per heavy atom. The molecule has 1 unspecified atom stereocenters. The van der Waals surface area contributed by atoms with Crippen LogP contribution in [-0.2, 0) is 4.74 Å². The number of hydrogen-bond donors (Lipinski definition) is 1. The molecule has 1 aliphatic rings. The van der Waals surface area contributed by atoms with E-state index in [4.69, 9.17) is 15.2 Å². The highest BCUT2D eigenvalue weighted by atomic mass is 16.5. The van der Waals surface area contributed by atoms with Gasteiger partial charge in [0.2, 0.25) is 0 Å². The van der Waals surface area contributed by atoms with Gasteiger partial charge in [0.25, 0.3) is 0 Å². The van der Waals surface area contributed by atoms with E-state index in [1.165, 1.54) is 0 Å². The Morgan fingerprint density at radius 1 is 1.30 bits per heavy atom. The van der Waals surface area contributed by atoms with Crippen molar-refractivity contribution in [1.29, 1.82) is 0 Å². The molecule has 2 rings (SSSR count). The second kappa shape index (κ2) is 7.07. The largest absolute Gasteiger partial charge is 0.494 e. The number of morpholine rings is 1. The van der Waals surface area contributed by atoms with Gasteiger partial charge in [0.1, 0.15) is 5.75 Å². The molecule has 0 amide bonds. The molecular weight excluding hydrogens is 252 g/mol. The second-order valence-corrected chi connectivity index (χ2v) is 5.55. The molecule has 3 atom stereocenters. The summed E-state index contributed by atoms with van der Waals surface area (Å²) in [6.07, 6.45) is 0.543. The Kier molecular flexibility index (Phi) is 5.40. The molecular formula is C16H26N2O2. The molecule has 1 aliphatic heterocycles. The van der Waals surface area contributed by atoms with E-state index in [0.717, 1.165) is 30.9 Å². The van der Waals surface area contributed by atoms with Crippen LogP contribution in [0.5, 0.6) is 5.75 Å². The minimum Gasteiger partial charge on any atom is -0.494 e.